The highest BCUT2D eigenvalue weighted by atomic mass is 32.2. The zero-order valence-corrected chi connectivity index (χ0v) is 30.3. The molecular weight excluding hydrogens is 700 g/mol. The number of ether oxygens (including phenoxy) is 1. The number of aryl methyl sites for hydroxylation is 1. The predicted octanol–water partition coefficient (Wildman–Crippen LogP) is 6.27. The number of alkyl halides is 1. The van der Waals surface area contributed by atoms with Crippen LogP contribution in [0.4, 0.5) is 19.0 Å². The van der Waals surface area contributed by atoms with Crippen molar-refractivity contribution in [1.29, 1.82) is 0 Å². The number of terminal acetylenes is 1. The van der Waals surface area contributed by atoms with Crippen LogP contribution in [0.3, 0.4) is 0 Å². The first-order chi connectivity index (χ1) is 25.7. The SMILES string of the molecule is C#Cc1c(F)ccc2cc(O)cc(-c3c(F)c4nc(OC[C@@]56CCCN5C[C@H](F)C6)nc(N5C6CCC5CN(CC5CSC5)C6)c4c4cn(C)nc34)c12. The first-order valence-electron chi connectivity index (χ1n) is 18.6. The molecule has 5 aromatic rings. The van der Waals surface area contributed by atoms with E-state index in [0.29, 0.717) is 45.8 Å². The molecule has 10 rings (SSSR count). The summed E-state index contributed by atoms with van der Waals surface area (Å²) in [5, 5.41) is 17.6. The van der Waals surface area contributed by atoms with Gasteiger partial charge in [-0.2, -0.15) is 26.8 Å². The number of phenols is 1. The van der Waals surface area contributed by atoms with Crippen molar-refractivity contribution in [2.24, 2.45) is 13.0 Å². The third-order valence-electron chi connectivity index (χ3n) is 12.4. The Kier molecular flexibility index (Phi) is 7.80. The summed E-state index contributed by atoms with van der Waals surface area (Å²) in [6.07, 6.45) is 10.9. The van der Waals surface area contributed by atoms with Gasteiger partial charge in [0.25, 0.3) is 0 Å². The molecule has 53 heavy (non-hydrogen) atoms. The number of aromatic nitrogens is 4. The highest BCUT2D eigenvalue weighted by molar-refractivity contribution is 8.00. The Morgan fingerprint density at radius 2 is 1.89 bits per heavy atom. The summed E-state index contributed by atoms with van der Waals surface area (Å²) in [5.74, 6) is 4.74. The molecule has 274 valence electrons. The lowest BCUT2D eigenvalue weighted by atomic mass is 9.91. The van der Waals surface area contributed by atoms with Crippen LogP contribution in [0.25, 0.3) is 43.7 Å². The van der Waals surface area contributed by atoms with Crippen molar-refractivity contribution < 1.29 is 23.0 Å². The summed E-state index contributed by atoms with van der Waals surface area (Å²) >= 11 is 2.00. The van der Waals surface area contributed by atoms with E-state index >= 15 is 8.78 Å². The average molecular weight is 740 g/mol. The van der Waals surface area contributed by atoms with Crippen molar-refractivity contribution in [3.8, 4) is 35.2 Å². The number of anilines is 1. The Morgan fingerprint density at radius 1 is 1.08 bits per heavy atom. The van der Waals surface area contributed by atoms with Crippen LogP contribution in [-0.2, 0) is 7.05 Å². The number of piperazine rings is 1. The Labute approximate surface area is 309 Å². The largest absolute Gasteiger partial charge is 0.508 e. The Bertz CT molecular complexity index is 2350. The van der Waals surface area contributed by atoms with Crippen molar-refractivity contribution in [2.45, 2.75) is 55.9 Å². The van der Waals surface area contributed by atoms with E-state index in [1.165, 1.54) is 35.8 Å². The maximum absolute atomic E-state index is 17.8. The summed E-state index contributed by atoms with van der Waals surface area (Å²) in [7, 11) is 1.77. The molecule has 3 aromatic carbocycles. The third-order valence-corrected chi connectivity index (χ3v) is 13.8. The lowest BCUT2D eigenvalue weighted by molar-refractivity contribution is 0.107. The zero-order valence-electron chi connectivity index (χ0n) is 29.5. The summed E-state index contributed by atoms with van der Waals surface area (Å²) in [6.45, 7) is 4.27. The molecule has 1 N–H and O–H groups in total. The van der Waals surface area contributed by atoms with Crippen LogP contribution in [0.5, 0.6) is 11.8 Å². The second kappa shape index (κ2) is 12.4. The van der Waals surface area contributed by atoms with Crippen molar-refractivity contribution in [1.82, 2.24) is 29.5 Å². The molecule has 13 heteroatoms. The maximum atomic E-state index is 17.8. The summed E-state index contributed by atoms with van der Waals surface area (Å²) in [4.78, 5) is 17.0. The molecule has 0 spiro atoms. The van der Waals surface area contributed by atoms with E-state index in [0.717, 1.165) is 57.8 Å². The number of rotatable bonds is 7. The van der Waals surface area contributed by atoms with Crippen molar-refractivity contribution >= 4 is 50.2 Å². The average Bonchev–Trinajstić information content (AvgIpc) is 3.84. The first kappa shape index (κ1) is 33.3. The van der Waals surface area contributed by atoms with Gasteiger partial charge in [-0.25, -0.2) is 13.2 Å². The minimum atomic E-state index is -0.925. The molecule has 2 unspecified atom stereocenters. The summed E-state index contributed by atoms with van der Waals surface area (Å²) < 4.78 is 55.8. The molecule has 7 heterocycles. The highest BCUT2D eigenvalue weighted by Crippen LogP contribution is 2.47. The molecule has 0 radical (unpaired) electrons. The van der Waals surface area contributed by atoms with E-state index in [2.05, 4.69) is 20.6 Å². The van der Waals surface area contributed by atoms with E-state index in [4.69, 9.17) is 26.2 Å². The highest BCUT2D eigenvalue weighted by Gasteiger charge is 2.50. The molecule has 2 aromatic heterocycles. The van der Waals surface area contributed by atoms with Gasteiger partial charge in [-0.1, -0.05) is 12.0 Å². The number of likely N-dealkylation sites (tertiary alicyclic amines) is 1. The number of halogens is 3. The monoisotopic (exact) mass is 739 g/mol. The minimum absolute atomic E-state index is 0.0356. The van der Waals surface area contributed by atoms with Crippen LogP contribution in [0.2, 0.25) is 0 Å². The van der Waals surface area contributed by atoms with Gasteiger partial charge in [0, 0.05) is 74.3 Å². The standard InChI is InChI=1S/C40H40F3N7O2S/c1-3-28-31(42)8-5-23-11-27(51)12-29(32(23)28)33-35(43)37-34(30-18-47(2)46-36(30)33)38(50-25-6-7-26(50)17-48(16-25)14-22-19-53-20-22)45-39(44-37)52-21-40-9-4-10-49(40)15-24(41)13-40/h1,5,8,11-12,18,22,24-26,51H,4,6-7,9-10,13-17,19-21H2,2H3/t24-,25?,26?,40+/m1/s1. The summed E-state index contributed by atoms with van der Waals surface area (Å²) in [6, 6.07) is 6.03. The van der Waals surface area contributed by atoms with E-state index in [1.54, 1.807) is 11.7 Å². The van der Waals surface area contributed by atoms with E-state index < -0.39 is 23.3 Å². The normalized spacial score (nSPS) is 26.2. The number of nitrogens with zero attached hydrogens (tertiary/aromatic N) is 7. The van der Waals surface area contributed by atoms with Gasteiger partial charge in [0.05, 0.1) is 16.5 Å². The lowest BCUT2D eigenvalue weighted by Gasteiger charge is -2.44. The zero-order chi connectivity index (χ0) is 36.2. The molecule has 5 aliphatic rings. The first-order valence-corrected chi connectivity index (χ1v) is 19.7. The van der Waals surface area contributed by atoms with Crippen molar-refractivity contribution in [2.75, 3.05) is 55.7 Å². The maximum Gasteiger partial charge on any atom is 0.319 e. The Balaban J connectivity index is 1.18. The fourth-order valence-electron chi connectivity index (χ4n) is 10.1. The second-order valence-corrected chi connectivity index (χ2v) is 16.8. The fourth-order valence-corrected chi connectivity index (χ4v) is 10.8. The quantitative estimate of drug-likeness (QED) is 0.194. The van der Waals surface area contributed by atoms with Crippen LogP contribution >= 0.6 is 11.8 Å². The molecule has 0 aliphatic carbocycles. The Hall–Kier alpha value is -4.25. The number of benzene rings is 3. The molecule has 0 saturated carbocycles. The predicted molar refractivity (Wildman–Crippen MR) is 201 cm³/mol. The number of thioether (sulfide) groups is 1. The Morgan fingerprint density at radius 3 is 2.64 bits per heavy atom. The topological polar surface area (TPSA) is 82.8 Å². The minimum Gasteiger partial charge on any atom is -0.508 e. The van der Waals surface area contributed by atoms with Gasteiger partial charge in [0.15, 0.2) is 5.82 Å². The van der Waals surface area contributed by atoms with Crippen LogP contribution < -0.4 is 9.64 Å². The fraction of sp³-hybridized carbons (Fsp3) is 0.475. The molecule has 9 nitrogen and oxygen atoms in total. The van der Waals surface area contributed by atoms with E-state index in [1.807, 2.05) is 18.0 Å². The molecule has 5 saturated heterocycles. The van der Waals surface area contributed by atoms with Crippen molar-refractivity contribution in [3.63, 3.8) is 0 Å². The molecule has 5 aliphatic heterocycles. The van der Waals surface area contributed by atoms with Gasteiger partial charge >= 0.3 is 6.01 Å². The smallest absolute Gasteiger partial charge is 0.319 e. The van der Waals surface area contributed by atoms with Gasteiger partial charge < -0.3 is 14.7 Å². The molecule has 2 bridgehead atoms. The molecular formula is C40H40F3N7O2S. The third kappa shape index (κ3) is 5.27. The van der Waals surface area contributed by atoms with Crippen LogP contribution in [-0.4, -0.2) is 109 Å². The number of phenolic OH excluding ortho intramolecular Hbond substituents is 1. The van der Waals surface area contributed by atoms with Crippen LogP contribution in [0.1, 0.15) is 37.7 Å². The van der Waals surface area contributed by atoms with E-state index in [-0.39, 0.29) is 52.7 Å². The molecule has 0 amide bonds. The van der Waals surface area contributed by atoms with Gasteiger partial charge in [-0.3, -0.25) is 14.5 Å². The van der Waals surface area contributed by atoms with Gasteiger partial charge in [-0.15, -0.1) is 6.42 Å². The number of hydrogen-bond donors (Lipinski definition) is 1. The van der Waals surface area contributed by atoms with Gasteiger partial charge in [0.2, 0.25) is 0 Å². The summed E-state index contributed by atoms with van der Waals surface area (Å²) in [5.41, 5.74) is 0.140. The van der Waals surface area contributed by atoms with Gasteiger partial charge in [-0.05, 0) is 78.8 Å². The van der Waals surface area contributed by atoms with Crippen molar-refractivity contribution in [3.05, 3.63) is 47.7 Å². The van der Waals surface area contributed by atoms with Crippen LogP contribution in [0, 0.1) is 29.9 Å². The number of fused-ring (bicyclic) bond motifs is 7. The number of hydrogen-bond acceptors (Lipinski definition) is 9. The van der Waals surface area contributed by atoms with E-state index in [9.17, 15) is 9.50 Å². The van der Waals surface area contributed by atoms with Crippen LogP contribution in [0.15, 0.2) is 30.5 Å². The lowest BCUT2D eigenvalue weighted by Crippen LogP contribution is -2.55. The molecule has 5 fully saturated rings. The second-order valence-electron chi connectivity index (χ2n) is 15.7. The van der Waals surface area contributed by atoms with Gasteiger partial charge in [0.1, 0.15) is 41.2 Å². The number of aromatic hydroxyl groups is 1. The molecule has 4 atom stereocenters.